The first kappa shape index (κ1) is 11.0. The molecule has 2 N–H and O–H groups in total. The maximum atomic E-state index is 6.01. The molecule has 90 valence electrons. The van der Waals surface area contributed by atoms with Crippen molar-refractivity contribution >= 4 is 28.2 Å². The second-order valence-electron chi connectivity index (χ2n) is 3.98. The molecule has 18 heavy (non-hydrogen) atoms. The normalized spacial score (nSPS) is 11.0. The molecule has 0 atom stereocenters. The van der Waals surface area contributed by atoms with E-state index < -0.39 is 0 Å². The number of aryl methyl sites for hydroxylation is 1. The van der Waals surface area contributed by atoms with Crippen LogP contribution in [0.4, 0.5) is 5.69 Å². The number of fused-ring (bicyclic) bond motifs is 1. The number of benzene rings is 1. The van der Waals surface area contributed by atoms with Gasteiger partial charge >= 0.3 is 0 Å². The van der Waals surface area contributed by atoms with Gasteiger partial charge in [0.1, 0.15) is 6.33 Å². The Morgan fingerprint density at radius 3 is 2.83 bits per heavy atom. The minimum Gasteiger partial charge on any atom is -0.399 e. The SMILES string of the molecule is Cc1nn(-c2ncnc3cc(N)ccc23)cc1Cl. The number of halogens is 1. The van der Waals surface area contributed by atoms with E-state index in [4.69, 9.17) is 17.3 Å². The zero-order chi connectivity index (χ0) is 12.7. The molecular formula is C12H10ClN5. The van der Waals surface area contributed by atoms with E-state index in [9.17, 15) is 0 Å². The quantitative estimate of drug-likeness (QED) is 0.681. The van der Waals surface area contributed by atoms with Crippen molar-refractivity contribution in [2.24, 2.45) is 0 Å². The molecule has 6 heteroatoms. The van der Waals surface area contributed by atoms with Gasteiger partial charge in [0.2, 0.25) is 0 Å². The minimum absolute atomic E-state index is 0.609. The van der Waals surface area contributed by atoms with E-state index in [1.54, 1.807) is 16.9 Å². The minimum atomic E-state index is 0.609. The molecule has 2 heterocycles. The smallest absolute Gasteiger partial charge is 0.164 e. The van der Waals surface area contributed by atoms with Crippen molar-refractivity contribution in [1.29, 1.82) is 0 Å². The lowest BCUT2D eigenvalue weighted by Gasteiger charge is -2.05. The zero-order valence-corrected chi connectivity index (χ0v) is 10.4. The molecule has 2 aromatic heterocycles. The maximum Gasteiger partial charge on any atom is 0.164 e. The Bertz CT molecular complexity index is 715. The molecule has 0 aliphatic carbocycles. The van der Waals surface area contributed by atoms with Crippen LogP contribution in [0.1, 0.15) is 5.69 Å². The van der Waals surface area contributed by atoms with Crippen molar-refractivity contribution < 1.29 is 0 Å². The first-order chi connectivity index (χ1) is 8.65. The van der Waals surface area contributed by atoms with E-state index >= 15 is 0 Å². The topological polar surface area (TPSA) is 69.6 Å². The number of nitrogens with zero attached hydrogens (tertiary/aromatic N) is 4. The summed E-state index contributed by atoms with van der Waals surface area (Å²) in [5, 5.41) is 5.81. The maximum absolute atomic E-state index is 6.01. The Labute approximate surface area is 108 Å². The lowest BCUT2D eigenvalue weighted by Crippen LogP contribution is -2.00. The highest BCUT2D eigenvalue weighted by molar-refractivity contribution is 6.31. The summed E-state index contributed by atoms with van der Waals surface area (Å²) >= 11 is 6.01. The van der Waals surface area contributed by atoms with Crippen LogP contribution in [0.3, 0.4) is 0 Å². The largest absolute Gasteiger partial charge is 0.399 e. The lowest BCUT2D eigenvalue weighted by molar-refractivity contribution is 0.836. The van der Waals surface area contributed by atoms with Gasteiger partial charge in [-0.3, -0.25) is 0 Å². The van der Waals surface area contributed by atoms with Crippen LogP contribution >= 0.6 is 11.6 Å². The Kier molecular flexibility index (Phi) is 2.41. The third kappa shape index (κ3) is 1.69. The number of hydrogen-bond acceptors (Lipinski definition) is 4. The Morgan fingerprint density at radius 2 is 2.11 bits per heavy atom. The summed E-state index contributed by atoms with van der Waals surface area (Å²) in [6, 6.07) is 5.50. The van der Waals surface area contributed by atoms with Crippen molar-refractivity contribution in [2.45, 2.75) is 6.92 Å². The van der Waals surface area contributed by atoms with Gasteiger partial charge in [-0.1, -0.05) is 11.6 Å². The molecule has 3 aromatic rings. The summed E-state index contributed by atoms with van der Waals surface area (Å²) in [6.45, 7) is 1.85. The van der Waals surface area contributed by atoms with Crippen LogP contribution in [-0.4, -0.2) is 19.7 Å². The molecule has 1 aromatic carbocycles. The summed E-state index contributed by atoms with van der Waals surface area (Å²) in [5.74, 6) is 0.690. The summed E-state index contributed by atoms with van der Waals surface area (Å²) in [7, 11) is 0. The summed E-state index contributed by atoms with van der Waals surface area (Å²) in [5.41, 5.74) is 7.95. The van der Waals surface area contributed by atoms with E-state index in [0.717, 1.165) is 16.6 Å². The fraction of sp³-hybridized carbons (Fsp3) is 0.0833. The predicted octanol–water partition coefficient (Wildman–Crippen LogP) is 2.36. The number of aromatic nitrogens is 4. The molecule has 0 radical (unpaired) electrons. The predicted molar refractivity (Wildman–Crippen MR) is 70.8 cm³/mol. The summed E-state index contributed by atoms with van der Waals surface area (Å²) in [4.78, 5) is 8.44. The van der Waals surface area contributed by atoms with Crippen molar-refractivity contribution in [3.63, 3.8) is 0 Å². The van der Waals surface area contributed by atoms with E-state index in [2.05, 4.69) is 15.1 Å². The highest BCUT2D eigenvalue weighted by Gasteiger charge is 2.09. The van der Waals surface area contributed by atoms with Crippen molar-refractivity contribution in [1.82, 2.24) is 19.7 Å². The molecule has 0 amide bonds. The molecule has 0 aliphatic heterocycles. The monoisotopic (exact) mass is 259 g/mol. The lowest BCUT2D eigenvalue weighted by atomic mass is 10.2. The fourth-order valence-electron chi connectivity index (χ4n) is 1.79. The van der Waals surface area contributed by atoms with Gasteiger partial charge in [-0.2, -0.15) is 5.10 Å². The molecular weight excluding hydrogens is 250 g/mol. The van der Waals surface area contributed by atoms with Crippen LogP contribution < -0.4 is 5.73 Å². The molecule has 0 spiro atoms. The number of hydrogen-bond donors (Lipinski definition) is 1. The number of anilines is 1. The van der Waals surface area contributed by atoms with Gasteiger partial charge in [-0.05, 0) is 25.1 Å². The van der Waals surface area contributed by atoms with Gasteiger partial charge in [0.25, 0.3) is 0 Å². The van der Waals surface area contributed by atoms with E-state index in [-0.39, 0.29) is 0 Å². The van der Waals surface area contributed by atoms with Crippen LogP contribution in [0.2, 0.25) is 5.02 Å². The number of nitrogens with two attached hydrogens (primary N) is 1. The highest BCUT2D eigenvalue weighted by atomic mass is 35.5. The Morgan fingerprint density at radius 1 is 1.28 bits per heavy atom. The van der Waals surface area contributed by atoms with E-state index in [1.807, 2.05) is 19.1 Å². The van der Waals surface area contributed by atoms with Crippen molar-refractivity contribution in [3.8, 4) is 5.82 Å². The summed E-state index contributed by atoms with van der Waals surface area (Å²) in [6.07, 6.45) is 3.22. The van der Waals surface area contributed by atoms with Gasteiger partial charge in [-0.25, -0.2) is 14.6 Å². The second kappa shape index (κ2) is 3.96. The van der Waals surface area contributed by atoms with E-state index in [1.165, 1.54) is 6.33 Å². The zero-order valence-electron chi connectivity index (χ0n) is 9.63. The average molecular weight is 260 g/mol. The average Bonchev–Trinajstić information content (AvgIpc) is 2.68. The number of rotatable bonds is 1. The fourth-order valence-corrected chi connectivity index (χ4v) is 1.92. The van der Waals surface area contributed by atoms with Gasteiger partial charge < -0.3 is 5.73 Å². The summed E-state index contributed by atoms with van der Waals surface area (Å²) < 4.78 is 1.65. The van der Waals surface area contributed by atoms with Crippen LogP contribution in [0.15, 0.2) is 30.7 Å². The van der Waals surface area contributed by atoms with Crippen molar-refractivity contribution in [3.05, 3.63) is 41.4 Å². The van der Waals surface area contributed by atoms with Gasteiger partial charge in [-0.15, -0.1) is 0 Å². The second-order valence-corrected chi connectivity index (χ2v) is 4.39. The highest BCUT2D eigenvalue weighted by Crippen LogP contribution is 2.22. The molecule has 0 fully saturated rings. The van der Waals surface area contributed by atoms with Crippen LogP contribution in [0.25, 0.3) is 16.7 Å². The third-order valence-electron chi connectivity index (χ3n) is 2.70. The molecule has 3 rings (SSSR count). The molecule has 0 unspecified atom stereocenters. The van der Waals surface area contributed by atoms with Crippen LogP contribution in [0, 0.1) is 6.92 Å². The van der Waals surface area contributed by atoms with E-state index in [0.29, 0.717) is 16.5 Å². The Hall–Kier alpha value is -2.14. The molecule has 0 saturated heterocycles. The first-order valence-corrected chi connectivity index (χ1v) is 5.75. The third-order valence-corrected chi connectivity index (χ3v) is 3.07. The van der Waals surface area contributed by atoms with Gasteiger partial charge in [0, 0.05) is 11.1 Å². The molecule has 0 bridgehead atoms. The first-order valence-electron chi connectivity index (χ1n) is 5.37. The standard InChI is InChI=1S/C12H10ClN5/c1-7-10(13)5-18(17-7)12-9-3-2-8(14)4-11(9)15-6-16-12/h2-6H,14H2,1H3. The number of nitrogen functional groups attached to an aromatic ring is 1. The molecule has 0 saturated carbocycles. The molecule has 0 aliphatic rings. The van der Waals surface area contributed by atoms with Gasteiger partial charge in [0.05, 0.1) is 22.4 Å². The Balaban J connectivity index is 2.29. The van der Waals surface area contributed by atoms with Crippen LogP contribution in [-0.2, 0) is 0 Å². The van der Waals surface area contributed by atoms with Crippen LogP contribution in [0.5, 0.6) is 0 Å². The van der Waals surface area contributed by atoms with Gasteiger partial charge in [0.15, 0.2) is 5.82 Å². The molecule has 5 nitrogen and oxygen atoms in total. The van der Waals surface area contributed by atoms with Crippen molar-refractivity contribution in [2.75, 3.05) is 5.73 Å².